The third kappa shape index (κ3) is 4.53. The minimum absolute atomic E-state index is 0.303. The number of ether oxygens (including phenoxy) is 2. The molecule has 1 atom stereocenters. The van der Waals surface area contributed by atoms with Crippen molar-refractivity contribution in [2.45, 2.75) is 19.4 Å². The molecule has 0 fully saturated rings. The Morgan fingerprint density at radius 2 is 1.87 bits per heavy atom. The van der Waals surface area contributed by atoms with E-state index in [0.29, 0.717) is 33.7 Å². The van der Waals surface area contributed by atoms with Crippen LogP contribution in [0.3, 0.4) is 0 Å². The van der Waals surface area contributed by atoms with Gasteiger partial charge in [-0.15, -0.1) is 0 Å². The molecule has 0 aliphatic carbocycles. The second kappa shape index (κ2) is 8.09. The first kappa shape index (κ1) is 17.4. The quantitative estimate of drug-likeness (QED) is 0.811. The third-order valence-electron chi connectivity index (χ3n) is 3.19. The van der Waals surface area contributed by atoms with Gasteiger partial charge in [0.05, 0.1) is 17.8 Å². The molecule has 0 bridgehead atoms. The largest absolute Gasteiger partial charge is 0.493 e. The molecule has 0 aliphatic rings. The number of nitrogens with one attached hydrogen (secondary N) is 1. The van der Waals surface area contributed by atoms with Gasteiger partial charge in [0.1, 0.15) is 0 Å². The van der Waals surface area contributed by atoms with Crippen molar-refractivity contribution in [3.05, 3.63) is 52.5 Å². The molecule has 0 unspecified atom stereocenters. The van der Waals surface area contributed by atoms with Crippen LogP contribution in [0.25, 0.3) is 0 Å². The van der Waals surface area contributed by atoms with Crippen molar-refractivity contribution in [1.82, 2.24) is 0 Å². The number of para-hydroxylation sites is 2. The summed E-state index contributed by atoms with van der Waals surface area (Å²) in [6.45, 7) is 1.86. The summed E-state index contributed by atoms with van der Waals surface area (Å²) in [7, 11) is 1.55. The van der Waals surface area contributed by atoms with Crippen molar-refractivity contribution in [2.24, 2.45) is 0 Å². The van der Waals surface area contributed by atoms with Gasteiger partial charge in [-0.2, -0.15) is 0 Å². The lowest BCUT2D eigenvalue weighted by Gasteiger charge is -2.19. The summed E-state index contributed by atoms with van der Waals surface area (Å²) in [5, 5.41) is 3.64. The first-order valence-electron chi connectivity index (χ1n) is 7.10. The van der Waals surface area contributed by atoms with E-state index in [1.807, 2.05) is 19.1 Å². The second-order valence-electron chi connectivity index (χ2n) is 4.78. The van der Waals surface area contributed by atoms with Gasteiger partial charge in [-0.25, -0.2) is 0 Å². The lowest BCUT2D eigenvalue weighted by atomic mass is 10.2. The van der Waals surface area contributed by atoms with Crippen LogP contribution < -0.4 is 14.8 Å². The number of benzene rings is 2. The Kier molecular flexibility index (Phi) is 6.13. The van der Waals surface area contributed by atoms with E-state index < -0.39 is 6.10 Å². The fraction of sp³-hybridized carbons (Fsp3) is 0.235. The Bertz CT molecular complexity index is 691. The molecule has 0 saturated heterocycles. The SMILES string of the molecule is CC[C@@H](Oc1ccccc1OC)C(=O)Nc1cc(Cl)ccc1Cl. The Morgan fingerprint density at radius 1 is 1.17 bits per heavy atom. The van der Waals surface area contributed by atoms with Crippen molar-refractivity contribution in [3.8, 4) is 11.5 Å². The molecule has 0 aromatic heterocycles. The van der Waals surface area contributed by atoms with Crippen LogP contribution in [0.4, 0.5) is 5.69 Å². The minimum atomic E-state index is -0.679. The molecule has 0 radical (unpaired) electrons. The van der Waals surface area contributed by atoms with Gasteiger partial charge < -0.3 is 14.8 Å². The molecular weight excluding hydrogens is 337 g/mol. The number of halogens is 2. The standard InChI is InChI=1S/C17H17Cl2NO3/c1-3-14(23-16-7-5-4-6-15(16)22-2)17(21)20-13-10-11(18)8-9-12(13)19/h4-10,14H,3H2,1-2H3,(H,20,21)/t14-/m1/s1. The number of carbonyl (C=O) groups excluding carboxylic acids is 1. The molecule has 4 nitrogen and oxygen atoms in total. The van der Waals surface area contributed by atoms with Gasteiger partial charge >= 0.3 is 0 Å². The van der Waals surface area contributed by atoms with E-state index in [9.17, 15) is 4.79 Å². The van der Waals surface area contributed by atoms with E-state index in [2.05, 4.69) is 5.32 Å². The van der Waals surface area contributed by atoms with Crippen LogP contribution in [0.15, 0.2) is 42.5 Å². The normalized spacial score (nSPS) is 11.7. The van der Waals surface area contributed by atoms with Crippen LogP contribution in [-0.2, 0) is 4.79 Å². The molecule has 2 rings (SSSR count). The molecule has 0 saturated carbocycles. The molecule has 2 aromatic carbocycles. The molecule has 2 aromatic rings. The highest BCUT2D eigenvalue weighted by Gasteiger charge is 2.21. The highest BCUT2D eigenvalue weighted by molar-refractivity contribution is 6.35. The molecule has 122 valence electrons. The Labute approximate surface area is 145 Å². The minimum Gasteiger partial charge on any atom is -0.493 e. The molecule has 0 aliphatic heterocycles. The maximum atomic E-state index is 12.4. The highest BCUT2D eigenvalue weighted by atomic mass is 35.5. The van der Waals surface area contributed by atoms with Crippen molar-refractivity contribution < 1.29 is 14.3 Å². The van der Waals surface area contributed by atoms with Gasteiger partial charge in [0.2, 0.25) is 0 Å². The monoisotopic (exact) mass is 353 g/mol. The van der Waals surface area contributed by atoms with Gasteiger partial charge in [0, 0.05) is 5.02 Å². The van der Waals surface area contributed by atoms with E-state index in [-0.39, 0.29) is 5.91 Å². The summed E-state index contributed by atoms with van der Waals surface area (Å²) in [5.41, 5.74) is 0.450. The van der Waals surface area contributed by atoms with Gasteiger partial charge in [0.15, 0.2) is 17.6 Å². The number of amides is 1. The fourth-order valence-corrected chi connectivity index (χ4v) is 2.34. The number of rotatable bonds is 6. The number of hydrogen-bond acceptors (Lipinski definition) is 3. The summed E-state index contributed by atoms with van der Waals surface area (Å²) in [4.78, 5) is 12.4. The highest BCUT2D eigenvalue weighted by Crippen LogP contribution is 2.29. The van der Waals surface area contributed by atoms with E-state index in [4.69, 9.17) is 32.7 Å². The predicted molar refractivity (Wildman–Crippen MR) is 92.8 cm³/mol. The summed E-state index contributed by atoms with van der Waals surface area (Å²) >= 11 is 12.0. The molecule has 1 N–H and O–H groups in total. The van der Waals surface area contributed by atoms with E-state index >= 15 is 0 Å². The molecule has 6 heteroatoms. The van der Waals surface area contributed by atoms with Gasteiger partial charge in [-0.3, -0.25) is 4.79 Å². The fourth-order valence-electron chi connectivity index (χ4n) is 2.00. The first-order chi connectivity index (χ1) is 11.0. The van der Waals surface area contributed by atoms with Crippen LogP contribution in [-0.4, -0.2) is 19.1 Å². The Balaban J connectivity index is 2.14. The summed E-state index contributed by atoms with van der Waals surface area (Å²) in [6, 6.07) is 12.0. The van der Waals surface area contributed by atoms with Crippen molar-refractivity contribution >= 4 is 34.8 Å². The number of methoxy groups -OCH3 is 1. The maximum Gasteiger partial charge on any atom is 0.265 e. The van der Waals surface area contributed by atoms with Crippen LogP contribution in [0.2, 0.25) is 10.0 Å². The van der Waals surface area contributed by atoms with Gasteiger partial charge in [0.25, 0.3) is 5.91 Å². The number of carbonyl (C=O) groups is 1. The van der Waals surface area contributed by atoms with Gasteiger partial charge in [-0.1, -0.05) is 42.3 Å². The number of anilines is 1. The summed E-state index contributed by atoms with van der Waals surface area (Å²) < 4.78 is 11.0. The molecule has 23 heavy (non-hydrogen) atoms. The average Bonchev–Trinajstić information content (AvgIpc) is 2.56. The molecule has 0 heterocycles. The van der Waals surface area contributed by atoms with Gasteiger partial charge in [-0.05, 0) is 36.8 Å². The zero-order valence-electron chi connectivity index (χ0n) is 12.8. The van der Waals surface area contributed by atoms with E-state index in [0.717, 1.165) is 0 Å². The lowest BCUT2D eigenvalue weighted by molar-refractivity contribution is -0.122. The van der Waals surface area contributed by atoms with Crippen LogP contribution in [0.5, 0.6) is 11.5 Å². The Hall–Kier alpha value is -1.91. The smallest absolute Gasteiger partial charge is 0.265 e. The first-order valence-corrected chi connectivity index (χ1v) is 7.86. The maximum absolute atomic E-state index is 12.4. The Morgan fingerprint density at radius 3 is 2.52 bits per heavy atom. The molecular formula is C17H17Cl2NO3. The van der Waals surface area contributed by atoms with Crippen molar-refractivity contribution in [2.75, 3.05) is 12.4 Å². The van der Waals surface area contributed by atoms with Crippen molar-refractivity contribution in [1.29, 1.82) is 0 Å². The summed E-state index contributed by atoms with van der Waals surface area (Å²) in [6.07, 6.45) is -0.191. The predicted octanol–water partition coefficient (Wildman–Crippen LogP) is 4.80. The van der Waals surface area contributed by atoms with Crippen molar-refractivity contribution in [3.63, 3.8) is 0 Å². The topological polar surface area (TPSA) is 47.6 Å². The zero-order valence-corrected chi connectivity index (χ0v) is 14.3. The van der Waals surface area contributed by atoms with Crippen LogP contribution in [0, 0.1) is 0 Å². The molecule has 0 spiro atoms. The van der Waals surface area contributed by atoms with E-state index in [1.165, 1.54) is 0 Å². The molecule has 1 amide bonds. The van der Waals surface area contributed by atoms with Crippen LogP contribution >= 0.6 is 23.2 Å². The number of hydrogen-bond donors (Lipinski definition) is 1. The lowest BCUT2D eigenvalue weighted by Crippen LogP contribution is -2.32. The zero-order chi connectivity index (χ0) is 16.8. The average molecular weight is 354 g/mol. The van der Waals surface area contributed by atoms with Crippen LogP contribution in [0.1, 0.15) is 13.3 Å². The van der Waals surface area contributed by atoms with E-state index in [1.54, 1.807) is 37.4 Å². The summed E-state index contributed by atoms with van der Waals surface area (Å²) in [5.74, 6) is 0.774. The second-order valence-corrected chi connectivity index (χ2v) is 5.62. The third-order valence-corrected chi connectivity index (χ3v) is 3.75.